The van der Waals surface area contributed by atoms with Crippen molar-refractivity contribution in [2.24, 2.45) is 5.41 Å². The lowest BCUT2D eigenvalue weighted by Gasteiger charge is -2.45. The summed E-state index contributed by atoms with van der Waals surface area (Å²) in [5.41, 5.74) is -0.545. The summed E-state index contributed by atoms with van der Waals surface area (Å²) in [6, 6.07) is 0. The van der Waals surface area contributed by atoms with E-state index >= 15 is 0 Å². The van der Waals surface area contributed by atoms with Gasteiger partial charge < -0.3 is 18.6 Å². The molecule has 1 unspecified atom stereocenters. The molecule has 6 nitrogen and oxygen atoms in total. The van der Waals surface area contributed by atoms with Crippen molar-refractivity contribution in [1.29, 1.82) is 0 Å². The van der Waals surface area contributed by atoms with Gasteiger partial charge in [0.1, 0.15) is 6.10 Å². The van der Waals surface area contributed by atoms with Crippen molar-refractivity contribution in [2.75, 3.05) is 13.2 Å². The second kappa shape index (κ2) is 11.7. The molecule has 0 aromatic carbocycles. The fraction of sp³-hybridized carbons (Fsp3) is 0.926. The van der Waals surface area contributed by atoms with Gasteiger partial charge in [-0.25, -0.2) is 0 Å². The molecule has 0 fully saturated rings. The van der Waals surface area contributed by atoms with Crippen LogP contribution in [0.2, 0.25) is 54.4 Å². The summed E-state index contributed by atoms with van der Waals surface area (Å²) in [5.74, 6) is -0.451. The van der Waals surface area contributed by atoms with Gasteiger partial charge in [-0.2, -0.15) is 0 Å². The third-order valence-corrected chi connectivity index (χ3v) is 21.8. The van der Waals surface area contributed by atoms with E-state index in [1.807, 2.05) is 13.8 Å². The third-order valence-electron chi connectivity index (χ3n) is 8.58. The van der Waals surface area contributed by atoms with Crippen LogP contribution in [0.3, 0.4) is 0 Å². The summed E-state index contributed by atoms with van der Waals surface area (Å²) in [5, 5.41) is 2.95. The van der Waals surface area contributed by atoms with E-state index in [2.05, 4.69) is 107 Å². The topological polar surface area (TPSA) is 73.9 Å². The van der Waals surface area contributed by atoms with Crippen LogP contribution in [0.25, 0.3) is 0 Å². The Morgan fingerprint density at radius 3 is 1.50 bits per heavy atom. The molecule has 1 atom stereocenters. The maximum absolute atomic E-state index is 13.5. The molecule has 0 aliphatic heterocycles. The fourth-order valence-corrected chi connectivity index (χ4v) is 6.08. The quantitative estimate of drug-likeness (QED) is 0.265. The molecule has 0 rings (SSSR count). The van der Waals surface area contributed by atoms with Gasteiger partial charge in [0.15, 0.2) is 16.6 Å². The van der Waals surface area contributed by atoms with Gasteiger partial charge in [0, 0.05) is 18.6 Å². The van der Waals surface area contributed by atoms with Crippen LogP contribution in [0, 0.1) is 5.41 Å². The van der Waals surface area contributed by atoms with E-state index in [0.29, 0.717) is 6.61 Å². The first kappa shape index (κ1) is 35.5. The van der Waals surface area contributed by atoms with Crippen molar-refractivity contribution in [1.82, 2.24) is 5.32 Å². The Morgan fingerprint density at radius 1 is 0.694 bits per heavy atom. The molecule has 0 bridgehead atoms. The normalized spacial score (nSPS) is 15.5. The lowest BCUT2D eigenvalue weighted by molar-refractivity contribution is -0.137. The molecule has 1 amide bonds. The molecule has 0 aliphatic rings. The minimum Gasteiger partial charge on any atom is -0.519 e. The molecular formula is C27H59NO5Si3. The zero-order valence-electron chi connectivity index (χ0n) is 26.7. The highest BCUT2D eigenvalue weighted by atomic mass is 28.4. The molecule has 36 heavy (non-hydrogen) atoms. The summed E-state index contributed by atoms with van der Waals surface area (Å²) in [7, 11) is -6.45. The molecule has 0 aromatic rings. The second-order valence-corrected chi connectivity index (χ2v) is 29.9. The van der Waals surface area contributed by atoms with Crippen LogP contribution in [-0.4, -0.2) is 56.1 Å². The fourth-order valence-electron chi connectivity index (χ4n) is 2.57. The average molecular weight is 562 g/mol. The van der Waals surface area contributed by atoms with Crippen molar-refractivity contribution < 1.29 is 22.9 Å². The van der Waals surface area contributed by atoms with Crippen molar-refractivity contribution in [3.05, 3.63) is 0 Å². The SMILES string of the molecule is CC(C)(CO[Si](C)(C)C(C)(C)C)C(O[Si](C)(C)C(C)(C)C)C(=O)NCCC(=O)O[Si](C)(C)C(C)(C)C. The summed E-state index contributed by atoms with van der Waals surface area (Å²) in [4.78, 5) is 26.1. The first-order valence-corrected chi connectivity index (χ1v) is 22.1. The van der Waals surface area contributed by atoms with Crippen LogP contribution in [0.1, 0.15) is 82.6 Å². The maximum atomic E-state index is 13.5. The van der Waals surface area contributed by atoms with E-state index in [4.69, 9.17) is 13.3 Å². The van der Waals surface area contributed by atoms with Crippen LogP contribution >= 0.6 is 0 Å². The molecular weight excluding hydrogens is 503 g/mol. The first-order chi connectivity index (χ1) is 15.6. The minimum atomic E-state index is -2.26. The van der Waals surface area contributed by atoms with E-state index < -0.39 is 36.5 Å². The summed E-state index contributed by atoms with van der Waals surface area (Å²) in [6.07, 6.45) is -0.536. The Kier molecular flexibility index (Phi) is 11.6. The molecule has 1 N–H and O–H groups in total. The van der Waals surface area contributed by atoms with E-state index in [-0.39, 0.29) is 40.0 Å². The Balaban J connectivity index is 5.63. The highest BCUT2D eigenvalue weighted by Crippen LogP contribution is 2.42. The molecule has 0 aliphatic carbocycles. The monoisotopic (exact) mass is 561 g/mol. The number of hydrogen-bond donors (Lipinski definition) is 1. The first-order valence-electron chi connectivity index (χ1n) is 13.4. The smallest absolute Gasteiger partial charge is 0.294 e. The number of carbonyl (C=O) groups is 2. The lowest BCUT2D eigenvalue weighted by atomic mass is 9.87. The van der Waals surface area contributed by atoms with Crippen molar-refractivity contribution in [2.45, 2.75) is 143 Å². The lowest BCUT2D eigenvalue weighted by Crippen LogP contribution is -2.56. The largest absolute Gasteiger partial charge is 0.519 e. The average Bonchev–Trinajstić information content (AvgIpc) is 2.61. The molecule has 0 saturated carbocycles. The predicted molar refractivity (Wildman–Crippen MR) is 160 cm³/mol. The number of rotatable bonds is 11. The van der Waals surface area contributed by atoms with Crippen LogP contribution in [0.5, 0.6) is 0 Å². The number of amides is 1. The molecule has 0 spiro atoms. The van der Waals surface area contributed by atoms with E-state index in [9.17, 15) is 9.59 Å². The number of carbonyl (C=O) groups excluding carboxylic acids is 2. The number of hydrogen-bond acceptors (Lipinski definition) is 5. The molecule has 0 heterocycles. The standard InChI is InChI=1S/C27H59NO5Si3/c1-24(2,3)34(12,13)31-20-27(10,11)22(33-36(16,17)26(7,8)9)23(30)28-19-18-21(29)32-35(14,15)25(4,5)6/h22H,18-20H2,1-17H3,(H,28,30). The Hall–Kier alpha value is -0.489. The molecule has 9 heteroatoms. The Morgan fingerprint density at radius 2 is 1.11 bits per heavy atom. The van der Waals surface area contributed by atoms with Crippen LogP contribution in [0.15, 0.2) is 0 Å². The zero-order chi connectivity index (χ0) is 29.2. The second-order valence-electron chi connectivity index (χ2n) is 15.6. The van der Waals surface area contributed by atoms with Gasteiger partial charge in [0.25, 0.3) is 14.3 Å². The zero-order valence-corrected chi connectivity index (χ0v) is 29.7. The van der Waals surface area contributed by atoms with Gasteiger partial charge >= 0.3 is 0 Å². The Bertz CT molecular complexity index is 757. The summed E-state index contributed by atoms with van der Waals surface area (Å²) < 4.78 is 19.1. The van der Waals surface area contributed by atoms with Crippen LogP contribution in [0.4, 0.5) is 0 Å². The van der Waals surface area contributed by atoms with E-state index in [1.165, 1.54) is 0 Å². The van der Waals surface area contributed by atoms with Gasteiger partial charge in [-0.05, 0) is 54.4 Å². The minimum absolute atomic E-state index is 0.0468. The van der Waals surface area contributed by atoms with Gasteiger partial charge in [-0.1, -0.05) is 76.2 Å². The highest BCUT2D eigenvalue weighted by molar-refractivity contribution is 6.75. The molecule has 0 saturated heterocycles. The van der Waals surface area contributed by atoms with Crippen molar-refractivity contribution >= 4 is 36.8 Å². The number of nitrogens with one attached hydrogen (secondary N) is 1. The summed E-state index contributed by atoms with van der Waals surface area (Å²) >= 11 is 0. The van der Waals surface area contributed by atoms with Gasteiger partial charge in [0.2, 0.25) is 5.91 Å². The van der Waals surface area contributed by atoms with E-state index in [0.717, 1.165) is 0 Å². The van der Waals surface area contributed by atoms with E-state index in [1.54, 1.807) is 0 Å². The highest BCUT2D eigenvalue weighted by Gasteiger charge is 2.47. The Labute approximate surface area is 226 Å². The molecule has 0 aromatic heterocycles. The van der Waals surface area contributed by atoms with Gasteiger partial charge in [0.05, 0.1) is 6.42 Å². The maximum Gasteiger partial charge on any atom is 0.294 e. The third kappa shape index (κ3) is 10.0. The van der Waals surface area contributed by atoms with Crippen LogP contribution in [-0.2, 0) is 22.9 Å². The predicted octanol–water partition coefficient (Wildman–Crippen LogP) is 7.48. The van der Waals surface area contributed by atoms with Crippen molar-refractivity contribution in [3.63, 3.8) is 0 Å². The molecule has 0 radical (unpaired) electrons. The molecule has 214 valence electrons. The van der Waals surface area contributed by atoms with Crippen molar-refractivity contribution in [3.8, 4) is 0 Å². The summed E-state index contributed by atoms with van der Waals surface area (Å²) in [6.45, 7) is 37.1. The van der Waals surface area contributed by atoms with Crippen LogP contribution < -0.4 is 5.32 Å². The van der Waals surface area contributed by atoms with Gasteiger partial charge in [-0.3, -0.25) is 9.59 Å². The van der Waals surface area contributed by atoms with Gasteiger partial charge in [-0.15, -0.1) is 0 Å².